The van der Waals surface area contributed by atoms with Crippen LogP contribution < -0.4 is 5.84 Å². The quantitative estimate of drug-likeness (QED) is 0.298. The summed E-state index contributed by atoms with van der Waals surface area (Å²) in [6, 6.07) is 0. The lowest BCUT2D eigenvalue weighted by molar-refractivity contribution is -0.176. The van der Waals surface area contributed by atoms with E-state index in [1.165, 1.54) is 13.8 Å². The van der Waals surface area contributed by atoms with Gasteiger partial charge in [0, 0.05) is 25.5 Å². The van der Waals surface area contributed by atoms with E-state index in [1.54, 1.807) is 20.8 Å². The molecule has 0 heterocycles. The minimum Gasteiger partial charge on any atom is -0.457 e. The topological polar surface area (TPSA) is 98.9 Å². The van der Waals surface area contributed by atoms with Crippen molar-refractivity contribution in [3.8, 4) is 0 Å². The van der Waals surface area contributed by atoms with Crippen LogP contribution in [0.5, 0.6) is 0 Å². The molecule has 2 N–H and O–H groups in total. The summed E-state index contributed by atoms with van der Waals surface area (Å²) < 4.78 is 10.6. The number of nitrogens with zero attached hydrogens (tertiary/aromatic N) is 1. The van der Waals surface area contributed by atoms with Crippen molar-refractivity contribution < 1.29 is 23.9 Å². The van der Waals surface area contributed by atoms with Crippen LogP contribution in [0, 0.1) is 11.8 Å². The first-order chi connectivity index (χ1) is 12.2. The fourth-order valence-corrected chi connectivity index (χ4v) is 2.74. The summed E-state index contributed by atoms with van der Waals surface area (Å²) in [5.74, 6) is 4.37. The van der Waals surface area contributed by atoms with Crippen molar-refractivity contribution in [3.63, 3.8) is 0 Å². The average Bonchev–Trinajstić information content (AvgIpc) is 2.51. The molecule has 0 saturated carbocycles. The highest BCUT2D eigenvalue weighted by molar-refractivity contribution is 5.79. The number of amides is 1. The Balaban J connectivity index is 5.56. The molecule has 0 aliphatic heterocycles. The van der Waals surface area contributed by atoms with Crippen LogP contribution in [0.25, 0.3) is 0 Å². The molecule has 156 valence electrons. The second kappa shape index (κ2) is 10.4. The van der Waals surface area contributed by atoms with Gasteiger partial charge in [0.15, 0.2) is 6.10 Å². The Morgan fingerprint density at radius 1 is 1.07 bits per heavy atom. The summed E-state index contributed by atoms with van der Waals surface area (Å²) in [5.41, 5.74) is 1.04. The monoisotopic (exact) mass is 384 g/mol. The maximum atomic E-state index is 12.5. The van der Waals surface area contributed by atoms with Crippen LogP contribution >= 0.6 is 0 Å². The lowest BCUT2D eigenvalue weighted by Crippen LogP contribution is -2.40. The highest BCUT2D eigenvalue weighted by atomic mass is 16.6. The van der Waals surface area contributed by atoms with Crippen LogP contribution in [0.15, 0.2) is 11.3 Å². The highest BCUT2D eigenvalue weighted by Gasteiger charge is 2.32. The van der Waals surface area contributed by atoms with Crippen LogP contribution in [-0.4, -0.2) is 34.6 Å². The Morgan fingerprint density at radius 3 is 1.96 bits per heavy atom. The van der Waals surface area contributed by atoms with E-state index < -0.39 is 23.6 Å². The first-order valence-electron chi connectivity index (χ1n) is 9.36. The Morgan fingerprint density at radius 2 is 1.59 bits per heavy atom. The van der Waals surface area contributed by atoms with E-state index in [4.69, 9.17) is 15.3 Å². The number of ether oxygens (including phenoxy) is 2. The van der Waals surface area contributed by atoms with E-state index in [-0.39, 0.29) is 24.2 Å². The average molecular weight is 385 g/mol. The van der Waals surface area contributed by atoms with Crippen molar-refractivity contribution in [1.29, 1.82) is 0 Å². The molecule has 27 heavy (non-hydrogen) atoms. The number of hydrogen-bond donors (Lipinski definition) is 1. The Bertz CT molecular complexity index is 577. The van der Waals surface area contributed by atoms with Gasteiger partial charge in [0.25, 0.3) is 0 Å². The van der Waals surface area contributed by atoms with E-state index in [2.05, 4.69) is 0 Å². The number of hydrazine groups is 1. The van der Waals surface area contributed by atoms with E-state index >= 15 is 0 Å². The lowest BCUT2D eigenvalue weighted by Gasteiger charge is -2.32. The summed E-state index contributed by atoms with van der Waals surface area (Å²) in [6.07, 6.45) is 0.000227. The van der Waals surface area contributed by atoms with Crippen LogP contribution in [0.4, 0.5) is 0 Å². The predicted octanol–water partition coefficient (Wildman–Crippen LogP) is 3.33. The minimum atomic E-state index is -1.01. The molecule has 0 bridgehead atoms. The van der Waals surface area contributed by atoms with E-state index in [0.717, 1.165) is 22.7 Å². The van der Waals surface area contributed by atoms with Gasteiger partial charge in [-0.1, -0.05) is 26.3 Å². The fraction of sp³-hybridized carbons (Fsp3) is 0.750. The molecule has 0 spiro atoms. The zero-order valence-electron chi connectivity index (χ0n) is 18.2. The van der Waals surface area contributed by atoms with Gasteiger partial charge in [-0.05, 0) is 46.5 Å². The number of allylic oxidation sites excluding steroid dienone is 2. The zero-order valence-corrected chi connectivity index (χ0v) is 18.2. The molecular formula is C20H36N2O5. The number of carbonyl (C=O) groups is 3. The van der Waals surface area contributed by atoms with Gasteiger partial charge in [-0.15, -0.1) is 0 Å². The number of rotatable bonds is 8. The predicted molar refractivity (Wildman–Crippen MR) is 104 cm³/mol. The van der Waals surface area contributed by atoms with Crippen LogP contribution in [0.1, 0.15) is 75.2 Å². The molecule has 7 heteroatoms. The SMILES string of the molecule is CC/C(C)=C(\C(C)C(C)C[C@@H](OC(C)=O)C(=O)OC(C)(C)C)N(N)C(C)=O. The zero-order chi connectivity index (χ0) is 21.5. The van der Waals surface area contributed by atoms with Crippen molar-refractivity contribution in [1.82, 2.24) is 5.01 Å². The Labute approximate surface area is 163 Å². The van der Waals surface area contributed by atoms with Crippen molar-refractivity contribution in [3.05, 3.63) is 11.3 Å². The summed E-state index contributed by atoms with van der Waals surface area (Å²) in [7, 11) is 0. The van der Waals surface area contributed by atoms with Gasteiger partial charge >= 0.3 is 11.9 Å². The molecular weight excluding hydrogens is 348 g/mol. The summed E-state index contributed by atoms with van der Waals surface area (Å²) in [6.45, 7) is 15.7. The van der Waals surface area contributed by atoms with Crippen molar-refractivity contribution in [2.75, 3.05) is 0 Å². The molecule has 0 fully saturated rings. The fourth-order valence-electron chi connectivity index (χ4n) is 2.74. The normalized spacial score (nSPS) is 15.9. The van der Waals surface area contributed by atoms with Gasteiger partial charge in [0.05, 0.1) is 0 Å². The number of esters is 2. The van der Waals surface area contributed by atoms with Crippen molar-refractivity contribution >= 4 is 17.8 Å². The lowest BCUT2D eigenvalue weighted by atomic mass is 9.85. The number of hydrogen-bond acceptors (Lipinski definition) is 6. The van der Waals surface area contributed by atoms with E-state index in [9.17, 15) is 14.4 Å². The van der Waals surface area contributed by atoms with Gasteiger partial charge < -0.3 is 9.47 Å². The third kappa shape index (κ3) is 8.56. The van der Waals surface area contributed by atoms with Crippen LogP contribution in [0.2, 0.25) is 0 Å². The third-order valence-electron chi connectivity index (χ3n) is 4.41. The van der Waals surface area contributed by atoms with Gasteiger partial charge in [0.1, 0.15) is 5.60 Å². The van der Waals surface area contributed by atoms with Crippen molar-refractivity contribution in [2.45, 2.75) is 86.9 Å². The Kier molecular flexibility index (Phi) is 9.71. The molecule has 0 aliphatic rings. The van der Waals surface area contributed by atoms with Crippen LogP contribution in [0.3, 0.4) is 0 Å². The number of carbonyl (C=O) groups excluding carboxylic acids is 3. The van der Waals surface area contributed by atoms with Gasteiger partial charge in [-0.25, -0.2) is 10.6 Å². The van der Waals surface area contributed by atoms with Crippen LogP contribution in [-0.2, 0) is 23.9 Å². The van der Waals surface area contributed by atoms with E-state index in [0.29, 0.717) is 0 Å². The summed E-state index contributed by atoms with van der Waals surface area (Å²) >= 11 is 0. The summed E-state index contributed by atoms with van der Waals surface area (Å²) in [5, 5.41) is 1.16. The summed E-state index contributed by atoms with van der Waals surface area (Å²) in [4.78, 5) is 35.7. The molecule has 0 rings (SSSR count). The Hall–Kier alpha value is -1.89. The molecule has 7 nitrogen and oxygen atoms in total. The number of nitrogens with two attached hydrogens (primary N) is 1. The first-order valence-corrected chi connectivity index (χ1v) is 9.36. The molecule has 0 saturated heterocycles. The molecule has 0 aromatic heterocycles. The molecule has 0 aromatic carbocycles. The smallest absolute Gasteiger partial charge is 0.347 e. The molecule has 2 unspecified atom stereocenters. The van der Waals surface area contributed by atoms with Crippen molar-refractivity contribution in [2.24, 2.45) is 17.7 Å². The standard InChI is InChI=1S/C20H36N2O5/c1-10-12(2)18(22(21)15(5)23)14(4)13(3)11-17(26-16(6)24)19(25)27-20(7,8)9/h13-14,17H,10-11,21H2,1-9H3/b18-12+/t13?,14?,17-/m1/s1. The second-order valence-corrected chi connectivity index (χ2v) is 8.04. The third-order valence-corrected chi connectivity index (χ3v) is 4.41. The van der Waals surface area contributed by atoms with Gasteiger partial charge in [-0.3, -0.25) is 14.6 Å². The van der Waals surface area contributed by atoms with E-state index in [1.807, 2.05) is 27.7 Å². The second-order valence-electron chi connectivity index (χ2n) is 8.04. The first kappa shape index (κ1) is 25.1. The highest BCUT2D eigenvalue weighted by Crippen LogP contribution is 2.30. The van der Waals surface area contributed by atoms with Gasteiger partial charge in [0.2, 0.25) is 5.91 Å². The molecule has 0 aromatic rings. The maximum absolute atomic E-state index is 12.5. The molecule has 0 radical (unpaired) electrons. The van der Waals surface area contributed by atoms with Gasteiger partial charge in [-0.2, -0.15) is 0 Å². The molecule has 1 amide bonds. The molecule has 3 atom stereocenters. The molecule has 0 aliphatic carbocycles. The largest absolute Gasteiger partial charge is 0.457 e. The minimum absolute atomic E-state index is 0.0937. The maximum Gasteiger partial charge on any atom is 0.347 e.